The molecule has 7 heteroatoms. The number of carbonyl (C=O) groups excluding carboxylic acids is 1. The normalized spacial score (nSPS) is 19.4. The maximum absolute atomic E-state index is 12.7. The Morgan fingerprint density at radius 3 is 2.81 bits per heavy atom. The summed E-state index contributed by atoms with van der Waals surface area (Å²) in [5.74, 6) is 1.77. The topological polar surface area (TPSA) is 55.6 Å². The van der Waals surface area contributed by atoms with Crippen LogP contribution in [0.4, 0.5) is 0 Å². The molecule has 0 radical (unpaired) electrons. The van der Waals surface area contributed by atoms with Gasteiger partial charge < -0.3 is 14.1 Å². The molecule has 2 heterocycles. The lowest BCUT2D eigenvalue weighted by Crippen LogP contribution is -2.37. The van der Waals surface area contributed by atoms with Gasteiger partial charge in [0.05, 0.1) is 17.8 Å². The Kier molecular flexibility index (Phi) is 5.71. The molecule has 5 nitrogen and oxygen atoms in total. The van der Waals surface area contributed by atoms with Gasteiger partial charge in [-0.15, -0.1) is 0 Å². The highest BCUT2D eigenvalue weighted by molar-refractivity contribution is 6.36. The van der Waals surface area contributed by atoms with Gasteiger partial charge in [0.1, 0.15) is 0 Å². The highest BCUT2D eigenvalue weighted by atomic mass is 35.5. The predicted octanol–water partition coefficient (Wildman–Crippen LogP) is 4.61. The number of benzene rings is 1. The lowest BCUT2D eigenvalue weighted by molar-refractivity contribution is -0.132. The van der Waals surface area contributed by atoms with Crippen molar-refractivity contribution < 1.29 is 13.9 Å². The van der Waals surface area contributed by atoms with Gasteiger partial charge in [0.25, 0.3) is 0 Å². The van der Waals surface area contributed by atoms with E-state index in [0.29, 0.717) is 46.5 Å². The van der Waals surface area contributed by atoms with Gasteiger partial charge in [-0.3, -0.25) is 4.79 Å². The molecule has 1 saturated heterocycles. The molecule has 1 aliphatic carbocycles. The number of halogens is 2. The lowest BCUT2D eigenvalue weighted by Gasteiger charge is -2.25. The SMILES string of the molecule is O=C(CCc1ncc(-c2ccc(Cl)cc2Cl)o1)N(C[C@H]1CCOC1)C1CC1. The number of oxazole rings is 1. The maximum atomic E-state index is 12.7. The number of aryl methyl sites for hydroxylation is 1. The quantitative estimate of drug-likeness (QED) is 0.670. The number of ether oxygens (including phenoxy) is 1. The minimum absolute atomic E-state index is 0.175. The van der Waals surface area contributed by atoms with Crippen LogP contribution in [0.1, 0.15) is 31.6 Å². The summed E-state index contributed by atoms with van der Waals surface area (Å²) in [5.41, 5.74) is 0.743. The van der Waals surface area contributed by atoms with Crippen LogP contribution in [-0.2, 0) is 16.0 Å². The van der Waals surface area contributed by atoms with E-state index < -0.39 is 0 Å². The Hall–Kier alpha value is -1.56. The molecular formula is C20H22Cl2N2O3. The van der Waals surface area contributed by atoms with Gasteiger partial charge in [-0.1, -0.05) is 23.2 Å². The summed E-state index contributed by atoms with van der Waals surface area (Å²) in [6, 6.07) is 5.64. The number of hydrogen-bond acceptors (Lipinski definition) is 4. The molecule has 1 aliphatic heterocycles. The average molecular weight is 409 g/mol. The van der Waals surface area contributed by atoms with Crippen molar-refractivity contribution in [2.75, 3.05) is 19.8 Å². The molecule has 0 spiro atoms. The van der Waals surface area contributed by atoms with Gasteiger partial charge >= 0.3 is 0 Å². The number of amides is 1. The second kappa shape index (κ2) is 8.21. The van der Waals surface area contributed by atoms with Crippen LogP contribution in [0.25, 0.3) is 11.3 Å². The molecular weight excluding hydrogens is 387 g/mol. The Morgan fingerprint density at radius 1 is 1.26 bits per heavy atom. The Labute approximate surface area is 168 Å². The van der Waals surface area contributed by atoms with Gasteiger partial charge in [-0.2, -0.15) is 0 Å². The van der Waals surface area contributed by atoms with Crippen molar-refractivity contribution in [1.29, 1.82) is 0 Å². The maximum Gasteiger partial charge on any atom is 0.223 e. The number of nitrogens with zero attached hydrogens (tertiary/aromatic N) is 2. The zero-order chi connectivity index (χ0) is 18.8. The summed E-state index contributed by atoms with van der Waals surface area (Å²) in [7, 11) is 0. The van der Waals surface area contributed by atoms with Crippen LogP contribution in [0.15, 0.2) is 28.8 Å². The largest absolute Gasteiger partial charge is 0.441 e. The fraction of sp³-hybridized carbons (Fsp3) is 0.500. The van der Waals surface area contributed by atoms with E-state index in [-0.39, 0.29) is 5.91 Å². The average Bonchev–Trinajstić information content (AvgIpc) is 3.15. The molecule has 4 rings (SSSR count). The van der Waals surface area contributed by atoms with E-state index in [1.54, 1.807) is 24.4 Å². The molecule has 0 unspecified atom stereocenters. The molecule has 1 atom stereocenters. The zero-order valence-corrected chi connectivity index (χ0v) is 16.5. The van der Waals surface area contributed by atoms with Crippen molar-refractivity contribution in [2.45, 2.75) is 38.1 Å². The first-order valence-electron chi connectivity index (χ1n) is 9.37. The van der Waals surface area contributed by atoms with Crippen molar-refractivity contribution in [3.8, 4) is 11.3 Å². The second-order valence-corrected chi connectivity index (χ2v) is 8.09. The highest BCUT2D eigenvalue weighted by Crippen LogP contribution is 2.32. The molecule has 2 fully saturated rings. The summed E-state index contributed by atoms with van der Waals surface area (Å²) in [5, 5.41) is 1.09. The smallest absolute Gasteiger partial charge is 0.223 e. The van der Waals surface area contributed by atoms with Crippen LogP contribution in [0.3, 0.4) is 0 Å². The van der Waals surface area contributed by atoms with Gasteiger partial charge in [-0.05, 0) is 37.5 Å². The third-order valence-corrected chi connectivity index (χ3v) is 5.64. The number of hydrogen-bond donors (Lipinski definition) is 0. The van der Waals surface area contributed by atoms with Gasteiger partial charge in [0, 0.05) is 48.5 Å². The molecule has 1 amide bonds. The minimum atomic E-state index is 0.175. The van der Waals surface area contributed by atoms with E-state index in [4.69, 9.17) is 32.4 Å². The van der Waals surface area contributed by atoms with Crippen LogP contribution in [0, 0.1) is 5.92 Å². The highest BCUT2D eigenvalue weighted by Gasteiger charge is 2.34. The molecule has 27 heavy (non-hydrogen) atoms. The molecule has 1 aromatic heterocycles. The third kappa shape index (κ3) is 4.65. The molecule has 0 N–H and O–H groups in total. The molecule has 1 saturated carbocycles. The first kappa shape index (κ1) is 18.8. The molecule has 0 bridgehead atoms. The third-order valence-electron chi connectivity index (χ3n) is 5.09. The van der Waals surface area contributed by atoms with Crippen LogP contribution in [-0.4, -0.2) is 41.6 Å². The van der Waals surface area contributed by atoms with Crippen LogP contribution >= 0.6 is 23.2 Å². The Morgan fingerprint density at radius 2 is 2.11 bits per heavy atom. The summed E-state index contributed by atoms with van der Waals surface area (Å²) in [4.78, 5) is 19.1. The van der Waals surface area contributed by atoms with Crippen LogP contribution < -0.4 is 0 Å². The standard InChI is InChI=1S/C20H22Cl2N2O3/c21-14-1-4-16(17(22)9-14)18-10-23-19(27-18)5-6-20(25)24(15-2-3-15)11-13-7-8-26-12-13/h1,4,9-10,13,15H,2-3,5-8,11-12H2/t13-/m1/s1. The monoisotopic (exact) mass is 408 g/mol. The van der Waals surface area contributed by atoms with E-state index in [1.165, 1.54) is 0 Å². The van der Waals surface area contributed by atoms with Crippen molar-refractivity contribution in [1.82, 2.24) is 9.88 Å². The number of carbonyl (C=O) groups is 1. The first-order chi connectivity index (χ1) is 13.1. The number of aromatic nitrogens is 1. The van der Waals surface area contributed by atoms with E-state index in [2.05, 4.69) is 4.98 Å². The van der Waals surface area contributed by atoms with Crippen molar-refractivity contribution in [3.05, 3.63) is 40.3 Å². The van der Waals surface area contributed by atoms with Crippen molar-refractivity contribution in [2.24, 2.45) is 5.92 Å². The minimum Gasteiger partial charge on any atom is -0.441 e. The second-order valence-electron chi connectivity index (χ2n) is 7.25. The number of rotatable bonds is 7. The van der Waals surface area contributed by atoms with Gasteiger partial charge in [-0.25, -0.2) is 4.98 Å². The van der Waals surface area contributed by atoms with E-state index in [0.717, 1.165) is 44.6 Å². The fourth-order valence-corrected chi connectivity index (χ4v) is 3.94. The van der Waals surface area contributed by atoms with Crippen LogP contribution in [0.2, 0.25) is 10.0 Å². The van der Waals surface area contributed by atoms with E-state index in [9.17, 15) is 4.79 Å². The van der Waals surface area contributed by atoms with Gasteiger partial charge in [0.15, 0.2) is 11.7 Å². The van der Waals surface area contributed by atoms with E-state index >= 15 is 0 Å². The molecule has 144 valence electrons. The molecule has 2 aromatic rings. The zero-order valence-electron chi connectivity index (χ0n) is 15.0. The van der Waals surface area contributed by atoms with Crippen LogP contribution in [0.5, 0.6) is 0 Å². The summed E-state index contributed by atoms with van der Waals surface area (Å²) >= 11 is 12.2. The first-order valence-corrected chi connectivity index (χ1v) is 10.1. The Bertz CT molecular complexity index is 813. The van der Waals surface area contributed by atoms with Crippen molar-refractivity contribution in [3.63, 3.8) is 0 Å². The fourth-order valence-electron chi connectivity index (χ4n) is 3.44. The lowest BCUT2D eigenvalue weighted by atomic mass is 10.1. The summed E-state index contributed by atoms with van der Waals surface area (Å²) in [6.45, 7) is 2.38. The summed E-state index contributed by atoms with van der Waals surface area (Å²) in [6.07, 6.45) is 5.78. The van der Waals surface area contributed by atoms with Crippen molar-refractivity contribution >= 4 is 29.1 Å². The Balaban J connectivity index is 1.36. The van der Waals surface area contributed by atoms with E-state index in [1.807, 2.05) is 4.90 Å². The van der Waals surface area contributed by atoms with Gasteiger partial charge in [0.2, 0.25) is 5.91 Å². The molecule has 2 aliphatic rings. The molecule has 1 aromatic carbocycles. The summed E-state index contributed by atoms with van der Waals surface area (Å²) < 4.78 is 11.2. The predicted molar refractivity (Wildman–Crippen MR) is 104 cm³/mol.